The van der Waals surface area contributed by atoms with E-state index in [1.807, 2.05) is 6.92 Å². The predicted octanol–water partition coefficient (Wildman–Crippen LogP) is 1.46. The maximum atomic E-state index is 11.3. The van der Waals surface area contributed by atoms with E-state index < -0.39 is 0 Å². The molecule has 0 heterocycles. The van der Waals surface area contributed by atoms with Crippen LogP contribution in [0.2, 0.25) is 0 Å². The normalized spacial score (nSPS) is 21.1. The summed E-state index contributed by atoms with van der Waals surface area (Å²) in [4.78, 5) is 11.3. The van der Waals surface area contributed by atoms with E-state index >= 15 is 0 Å². The molecule has 0 unspecified atom stereocenters. The van der Waals surface area contributed by atoms with Crippen molar-refractivity contribution in [3.63, 3.8) is 0 Å². The summed E-state index contributed by atoms with van der Waals surface area (Å²) < 4.78 is 4.89. The molecule has 1 aliphatic rings. The van der Waals surface area contributed by atoms with Crippen LogP contribution in [0, 0.1) is 5.92 Å². The second-order valence-corrected chi connectivity index (χ2v) is 3.68. The van der Waals surface area contributed by atoms with Gasteiger partial charge in [0.05, 0.1) is 6.61 Å². The lowest BCUT2D eigenvalue weighted by Gasteiger charge is -2.25. The van der Waals surface area contributed by atoms with Gasteiger partial charge in [-0.2, -0.15) is 0 Å². The van der Waals surface area contributed by atoms with Gasteiger partial charge in [0.15, 0.2) is 0 Å². The number of esters is 1. The first-order valence-electron chi connectivity index (χ1n) is 5.18. The molecule has 0 aromatic carbocycles. The average molecular weight is 185 g/mol. The molecule has 1 aliphatic carbocycles. The molecule has 1 rings (SSSR count). The zero-order chi connectivity index (χ0) is 9.68. The van der Waals surface area contributed by atoms with Gasteiger partial charge in [-0.05, 0) is 25.7 Å². The minimum Gasteiger partial charge on any atom is -0.465 e. The summed E-state index contributed by atoms with van der Waals surface area (Å²) in [5.41, 5.74) is 5.80. The lowest BCUT2D eigenvalue weighted by molar-refractivity contribution is -0.146. The van der Waals surface area contributed by atoms with Gasteiger partial charge in [-0.25, -0.2) is 0 Å². The molecule has 0 radical (unpaired) electrons. The third kappa shape index (κ3) is 2.99. The van der Waals surface area contributed by atoms with E-state index in [1.54, 1.807) is 0 Å². The van der Waals surface area contributed by atoms with Gasteiger partial charge >= 0.3 is 5.97 Å². The Bertz CT molecular complexity index is 164. The summed E-state index contributed by atoms with van der Waals surface area (Å²) in [7, 11) is 0. The van der Waals surface area contributed by atoms with Crippen molar-refractivity contribution < 1.29 is 9.53 Å². The Labute approximate surface area is 79.6 Å². The highest BCUT2D eigenvalue weighted by molar-refractivity contribution is 5.75. The van der Waals surface area contributed by atoms with E-state index in [1.165, 1.54) is 19.3 Å². The second kappa shape index (κ2) is 5.22. The average Bonchev–Trinajstić information content (AvgIpc) is 2.18. The van der Waals surface area contributed by atoms with Crippen molar-refractivity contribution in [3.05, 3.63) is 0 Å². The summed E-state index contributed by atoms with van der Waals surface area (Å²) in [6, 6.07) is -0.389. The van der Waals surface area contributed by atoms with E-state index in [-0.39, 0.29) is 12.0 Å². The Balaban J connectivity index is 2.35. The first-order chi connectivity index (χ1) is 6.25. The summed E-state index contributed by atoms with van der Waals surface area (Å²) in [5.74, 6) is 0.127. The van der Waals surface area contributed by atoms with Crippen LogP contribution in [0.25, 0.3) is 0 Å². The Kier molecular flexibility index (Phi) is 4.22. The van der Waals surface area contributed by atoms with E-state index in [0.717, 1.165) is 12.8 Å². The molecule has 13 heavy (non-hydrogen) atoms. The Hall–Kier alpha value is -0.570. The predicted molar refractivity (Wildman–Crippen MR) is 51.2 cm³/mol. The highest BCUT2D eigenvalue weighted by Crippen LogP contribution is 2.25. The van der Waals surface area contributed by atoms with E-state index in [9.17, 15) is 4.79 Å². The Morgan fingerprint density at radius 3 is 2.62 bits per heavy atom. The van der Waals surface area contributed by atoms with Crippen LogP contribution >= 0.6 is 0 Å². The number of carbonyl (C=O) groups excluding carboxylic acids is 1. The van der Waals surface area contributed by atoms with E-state index in [4.69, 9.17) is 10.5 Å². The van der Waals surface area contributed by atoms with Gasteiger partial charge in [0.2, 0.25) is 0 Å². The standard InChI is InChI=1S/C10H19NO2/c1-2-13-10(12)9(11)8-6-4-3-5-7-8/h8-9H,2-7,11H2,1H3/t9-/m0/s1. The molecule has 0 bridgehead atoms. The van der Waals surface area contributed by atoms with Gasteiger partial charge in [0, 0.05) is 0 Å². The van der Waals surface area contributed by atoms with Gasteiger partial charge in [0.25, 0.3) is 0 Å². The van der Waals surface area contributed by atoms with Crippen molar-refractivity contribution in [1.29, 1.82) is 0 Å². The van der Waals surface area contributed by atoms with Crippen LogP contribution in [0.15, 0.2) is 0 Å². The lowest BCUT2D eigenvalue weighted by atomic mass is 9.84. The highest BCUT2D eigenvalue weighted by Gasteiger charge is 2.26. The molecule has 0 aromatic heterocycles. The van der Waals surface area contributed by atoms with Crippen LogP contribution in [0.5, 0.6) is 0 Å². The third-order valence-corrected chi connectivity index (χ3v) is 2.72. The van der Waals surface area contributed by atoms with Gasteiger partial charge in [0.1, 0.15) is 6.04 Å². The van der Waals surface area contributed by atoms with Crippen molar-refractivity contribution in [1.82, 2.24) is 0 Å². The molecule has 0 saturated heterocycles. The number of carbonyl (C=O) groups is 1. The fourth-order valence-corrected chi connectivity index (χ4v) is 1.92. The van der Waals surface area contributed by atoms with Gasteiger partial charge in [-0.1, -0.05) is 19.3 Å². The molecule has 0 amide bonds. The van der Waals surface area contributed by atoms with Crippen LogP contribution in [-0.4, -0.2) is 18.6 Å². The number of hydrogen-bond acceptors (Lipinski definition) is 3. The molecule has 2 N–H and O–H groups in total. The monoisotopic (exact) mass is 185 g/mol. The van der Waals surface area contributed by atoms with Gasteiger partial charge in [-0.15, -0.1) is 0 Å². The molecule has 3 heteroatoms. The van der Waals surface area contributed by atoms with E-state index in [0.29, 0.717) is 12.5 Å². The minimum absolute atomic E-state index is 0.227. The molecule has 0 aromatic rings. The molecule has 3 nitrogen and oxygen atoms in total. The molecule has 1 fully saturated rings. The zero-order valence-corrected chi connectivity index (χ0v) is 8.29. The highest BCUT2D eigenvalue weighted by atomic mass is 16.5. The lowest BCUT2D eigenvalue weighted by Crippen LogP contribution is -2.40. The summed E-state index contributed by atoms with van der Waals surface area (Å²) >= 11 is 0. The maximum Gasteiger partial charge on any atom is 0.323 e. The minimum atomic E-state index is -0.389. The third-order valence-electron chi connectivity index (χ3n) is 2.72. The summed E-state index contributed by atoms with van der Waals surface area (Å²) in [5, 5.41) is 0. The van der Waals surface area contributed by atoms with E-state index in [2.05, 4.69) is 0 Å². The van der Waals surface area contributed by atoms with Crippen LogP contribution < -0.4 is 5.73 Å². The smallest absolute Gasteiger partial charge is 0.323 e. The fourth-order valence-electron chi connectivity index (χ4n) is 1.92. The van der Waals surface area contributed by atoms with Crippen molar-refractivity contribution in [2.24, 2.45) is 11.7 Å². The number of ether oxygens (including phenoxy) is 1. The van der Waals surface area contributed by atoms with Gasteiger partial charge in [-0.3, -0.25) is 4.79 Å². The van der Waals surface area contributed by atoms with Crippen molar-refractivity contribution >= 4 is 5.97 Å². The first-order valence-corrected chi connectivity index (χ1v) is 5.18. The largest absolute Gasteiger partial charge is 0.465 e. The number of nitrogens with two attached hydrogens (primary N) is 1. The summed E-state index contributed by atoms with van der Waals surface area (Å²) in [6.45, 7) is 2.24. The van der Waals surface area contributed by atoms with Crippen LogP contribution in [0.4, 0.5) is 0 Å². The van der Waals surface area contributed by atoms with Crippen LogP contribution in [0.1, 0.15) is 39.0 Å². The fraction of sp³-hybridized carbons (Fsp3) is 0.900. The van der Waals surface area contributed by atoms with Crippen molar-refractivity contribution in [2.75, 3.05) is 6.61 Å². The molecular formula is C10H19NO2. The molecule has 1 saturated carbocycles. The van der Waals surface area contributed by atoms with Crippen LogP contribution in [-0.2, 0) is 9.53 Å². The molecule has 76 valence electrons. The molecule has 1 atom stereocenters. The Morgan fingerprint density at radius 1 is 1.46 bits per heavy atom. The quantitative estimate of drug-likeness (QED) is 0.677. The van der Waals surface area contributed by atoms with Crippen LogP contribution in [0.3, 0.4) is 0 Å². The first kappa shape index (κ1) is 10.5. The number of hydrogen-bond donors (Lipinski definition) is 1. The zero-order valence-electron chi connectivity index (χ0n) is 8.29. The maximum absolute atomic E-state index is 11.3. The number of rotatable bonds is 3. The SMILES string of the molecule is CCOC(=O)[C@@H](N)C1CCCCC1. The topological polar surface area (TPSA) is 52.3 Å². The second-order valence-electron chi connectivity index (χ2n) is 3.68. The van der Waals surface area contributed by atoms with Crippen molar-refractivity contribution in [2.45, 2.75) is 45.1 Å². The molecular weight excluding hydrogens is 166 g/mol. The van der Waals surface area contributed by atoms with Gasteiger partial charge < -0.3 is 10.5 Å². The molecule has 0 spiro atoms. The van der Waals surface area contributed by atoms with Crippen molar-refractivity contribution in [3.8, 4) is 0 Å². The Morgan fingerprint density at radius 2 is 2.08 bits per heavy atom. The summed E-state index contributed by atoms with van der Waals surface area (Å²) in [6.07, 6.45) is 5.86. The molecule has 0 aliphatic heterocycles.